The number of carbonyl (C=O) groups is 1. The standard InChI is InChI=1S/C21H12Cl2O5S/c22-12-6-7-17(23)15(8-12)16-9-14(10-18-20(16)28-21(25)29-18)27-19(24)11-26-13-4-2-1-3-5-13/h1-10H,11H2. The molecular weight excluding hydrogens is 435 g/mol. The third-order valence-corrected chi connectivity index (χ3v) is 5.30. The maximum atomic E-state index is 12.2. The fraction of sp³-hybridized carbons (Fsp3) is 0.0476. The van der Waals surface area contributed by atoms with Crippen molar-refractivity contribution in [1.29, 1.82) is 0 Å². The summed E-state index contributed by atoms with van der Waals surface area (Å²) in [5.74, 6) is 0.203. The average Bonchev–Trinajstić information content (AvgIpc) is 3.08. The predicted molar refractivity (Wildman–Crippen MR) is 113 cm³/mol. The van der Waals surface area contributed by atoms with Crippen molar-refractivity contribution < 1.29 is 18.7 Å². The van der Waals surface area contributed by atoms with E-state index in [0.29, 0.717) is 37.2 Å². The molecule has 0 aliphatic heterocycles. The van der Waals surface area contributed by atoms with Gasteiger partial charge in [0.25, 0.3) is 0 Å². The number of rotatable bonds is 5. The molecule has 0 aliphatic rings. The minimum Gasteiger partial charge on any atom is -0.482 e. The molecule has 0 fully saturated rings. The molecule has 146 valence electrons. The van der Waals surface area contributed by atoms with Crippen LogP contribution in [0.5, 0.6) is 11.5 Å². The van der Waals surface area contributed by atoms with Crippen molar-refractivity contribution in [2.45, 2.75) is 0 Å². The summed E-state index contributed by atoms with van der Waals surface area (Å²) in [4.78, 5) is 23.5. The first-order chi connectivity index (χ1) is 14.0. The van der Waals surface area contributed by atoms with Gasteiger partial charge in [0, 0.05) is 27.2 Å². The summed E-state index contributed by atoms with van der Waals surface area (Å²) in [6, 6.07) is 17.0. The van der Waals surface area contributed by atoms with Crippen LogP contribution in [0.15, 0.2) is 69.9 Å². The summed E-state index contributed by atoms with van der Waals surface area (Å²) in [5.41, 5.74) is 1.41. The SMILES string of the molecule is O=C(COc1ccccc1)Oc1cc(-c2cc(Cl)ccc2Cl)c2oc(=O)sc2c1. The summed E-state index contributed by atoms with van der Waals surface area (Å²) < 4.78 is 16.6. The van der Waals surface area contributed by atoms with Crippen LogP contribution < -0.4 is 14.4 Å². The normalized spacial score (nSPS) is 10.8. The van der Waals surface area contributed by atoms with Gasteiger partial charge in [-0.05, 0) is 36.4 Å². The van der Waals surface area contributed by atoms with Gasteiger partial charge < -0.3 is 13.9 Å². The zero-order valence-corrected chi connectivity index (χ0v) is 17.0. The number of para-hydroxylation sites is 1. The van der Waals surface area contributed by atoms with E-state index < -0.39 is 10.9 Å². The van der Waals surface area contributed by atoms with E-state index in [1.54, 1.807) is 54.6 Å². The lowest BCUT2D eigenvalue weighted by Crippen LogP contribution is -2.17. The van der Waals surface area contributed by atoms with Gasteiger partial charge in [-0.25, -0.2) is 9.59 Å². The maximum Gasteiger partial charge on any atom is 0.396 e. The largest absolute Gasteiger partial charge is 0.482 e. The summed E-state index contributed by atoms with van der Waals surface area (Å²) in [5, 5.41) is 0.884. The molecule has 0 amide bonds. The highest BCUT2D eigenvalue weighted by Gasteiger charge is 2.17. The molecule has 0 N–H and O–H groups in total. The Kier molecular flexibility index (Phi) is 5.58. The highest BCUT2D eigenvalue weighted by atomic mass is 35.5. The molecule has 0 spiro atoms. The van der Waals surface area contributed by atoms with Gasteiger partial charge in [0.05, 0.1) is 4.70 Å². The minimum absolute atomic E-state index is 0.238. The highest BCUT2D eigenvalue weighted by Crippen LogP contribution is 2.38. The Morgan fingerprint density at radius 2 is 1.76 bits per heavy atom. The molecule has 0 aliphatic carbocycles. The van der Waals surface area contributed by atoms with Crippen molar-refractivity contribution in [3.05, 3.63) is 80.4 Å². The van der Waals surface area contributed by atoms with Crippen LogP contribution in [-0.2, 0) is 4.79 Å². The second-order valence-corrected chi connectivity index (χ2v) is 7.77. The number of hydrogen-bond acceptors (Lipinski definition) is 6. The van der Waals surface area contributed by atoms with E-state index in [4.69, 9.17) is 37.1 Å². The monoisotopic (exact) mass is 446 g/mol. The Balaban J connectivity index is 1.66. The van der Waals surface area contributed by atoms with Gasteiger partial charge in [0.2, 0.25) is 0 Å². The van der Waals surface area contributed by atoms with E-state index in [1.807, 2.05) is 6.07 Å². The molecule has 0 saturated carbocycles. The van der Waals surface area contributed by atoms with Gasteiger partial charge in [-0.15, -0.1) is 0 Å². The zero-order chi connectivity index (χ0) is 20.4. The maximum absolute atomic E-state index is 12.2. The topological polar surface area (TPSA) is 65.7 Å². The number of esters is 1. The molecule has 0 atom stereocenters. The molecule has 0 unspecified atom stereocenters. The van der Waals surface area contributed by atoms with Crippen LogP contribution >= 0.6 is 34.5 Å². The smallest absolute Gasteiger partial charge is 0.396 e. The number of carbonyl (C=O) groups excluding carboxylic acids is 1. The van der Waals surface area contributed by atoms with E-state index in [2.05, 4.69) is 0 Å². The van der Waals surface area contributed by atoms with Crippen LogP contribution in [0.1, 0.15) is 0 Å². The van der Waals surface area contributed by atoms with E-state index in [9.17, 15) is 9.59 Å². The molecule has 0 radical (unpaired) electrons. The number of halogens is 2. The van der Waals surface area contributed by atoms with Crippen molar-refractivity contribution in [1.82, 2.24) is 0 Å². The van der Waals surface area contributed by atoms with Crippen molar-refractivity contribution >= 4 is 50.8 Å². The van der Waals surface area contributed by atoms with Crippen LogP contribution in [0.2, 0.25) is 10.0 Å². The molecule has 4 rings (SSSR count). The van der Waals surface area contributed by atoms with Gasteiger partial charge in [0.1, 0.15) is 11.5 Å². The van der Waals surface area contributed by atoms with Crippen molar-refractivity contribution in [2.24, 2.45) is 0 Å². The molecular formula is C21H12Cl2O5S. The summed E-state index contributed by atoms with van der Waals surface area (Å²) >= 11 is 13.3. The fourth-order valence-electron chi connectivity index (χ4n) is 2.73. The molecule has 0 saturated heterocycles. The lowest BCUT2D eigenvalue weighted by Gasteiger charge is -2.10. The van der Waals surface area contributed by atoms with Crippen LogP contribution in [-0.4, -0.2) is 12.6 Å². The Bertz CT molecular complexity index is 1250. The number of hydrogen-bond donors (Lipinski definition) is 0. The first-order valence-electron chi connectivity index (χ1n) is 8.41. The summed E-state index contributed by atoms with van der Waals surface area (Å²) in [7, 11) is 0. The molecule has 29 heavy (non-hydrogen) atoms. The summed E-state index contributed by atoms with van der Waals surface area (Å²) in [6.45, 7) is -0.267. The second kappa shape index (κ2) is 8.29. The number of benzene rings is 3. The first kappa shape index (κ1) is 19.5. The molecule has 4 aromatic rings. The van der Waals surface area contributed by atoms with E-state index in [1.165, 1.54) is 0 Å². The van der Waals surface area contributed by atoms with Crippen LogP contribution in [0.4, 0.5) is 0 Å². The van der Waals surface area contributed by atoms with Crippen LogP contribution in [0, 0.1) is 0 Å². The summed E-state index contributed by atoms with van der Waals surface area (Å²) in [6.07, 6.45) is 0. The first-order valence-corrected chi connectivity index (χ1v) is 9.98. The Morgan fingerprint density at radius 3 is 2.55 bits per heavy atom. The van der Waals surface area contributed by atoms with E-state index in [-0.39, 0.29) is 12.4 Å². The van der Waals surface area contributed by atoms with Gasteiger partial charge in [-0.3, -0.25) is 0 Å². The van der Waals surface area contributed by atoms with Gasteiger partial charge >= 0.3 is 10.9 Å². The Labute approximate surface area is 179 Å². The van der Waals surface area contributed by atoms with Crippen LogP contribution in [0.25, 0.3) is 21.4 Å². The van der Waals surface area contributed by atoms with Gasteiger partial charge in [0.15, 0.2) is 12.2 Å². The lowest BCUT2D eigenvalue weighted by atomic mass is 10.0. The Morgan fingerprint density at radius 1 is 0.966 bits per heavy atom. The van der Waals surface area contributed by atoms with Crippen molar-refractivity contribution in [2.75, 3.05) is 6.61 Å². The van der Waals surface area contributed by atoms with E-state index >= 15 is 0 Å². The second-order valence-electron chi connectivity index (χ2n) is 5.95. The van der Waals surface area contributed by atoms with Gasteiger partial charge in [-0.2, -0.15) is 0 Å². The third kappa shape index (κ3) is 4.45. The highest BCUT2D eigenvalue weighted by molar-refractivity contribution is 7.16. The van der Waals surface area contributed by atoms with E-state index in [0.717, 1.165) is 11.3 Å². The quantitative estimate of drug-likeness (QED) is 0.285. The lowest BCUT2D eigenvalue weighted by molar-refractivity contribution is -0.136. The third-order valence-electron chi connectivity index (χ3n) is 3.96. The number of ether oxygens (including phenoxy) is 2. The number of fused-ring (bicyclic) bond motifs is 1. The van der Waals surface area contributed by atoms with Crippen LogP contribution in [0.3, 0.4) is 0 Å². The molecule has 1 heterocycles. The zero-order valence-electron chi connectivity index (χ0n) is 14.7. The Hall–Kier alpha value is -2.80. The average molecular weight is 447 g/mol. The van der Waals surface area contributed by atoms with Crippen molar-refractivity contribution in [3.8, 4) is 22.6 Å². The minimum atomic E-state index is -0.591. The van der Waals surface area contributed by atoms with Gasteiger partial charge in [-0.1, -0.05) is 52.7 Å². The van der Waals surface area contributed by atoms with Crippen molar-refractivity contribution in [3.63, 3.8) is 0 Å². The molecule has 1 aromatic heterocycles. The molecule has 3 aromatic carbocycles. The molecule has 0 bridgehead atoms. The molecule has 5 nitrogen and oxygen atoms in total. The molecule has 8 heteroatoms. The predicted octanol–water partition coefficient (Wildman–Crippen LogP) is 5.81. The fourth-order valence-corrected chi connectivity index (χ4v) is 3.85.